The first-order chi connectivity index (χ1) is 15.9. The largest absolute Gasteiger partial charge is 0.403 e. The lowest BCUT2D eigenvalue weighted by Crippen LogP contribution is -2.49. The van der Waals surface area contributed by atoms with Crippen LogP contribution in [-0.4, -0.2) is 46.2 Å². The van der Waals surface area contributed by atoms with Gasteiger partial charge < -0.3 is 31.5 Å². The van der Waals surface area contributed by atoms with Gasteiger partial charge in [-0.2, -0.15) is 0 Å². The minimum atomic E-state index is -0.762. The van der Waals surface area contributed by atoms with Crippen molar-refractivity contribution < 1.29 is 22.7 Å². The van der Waals surface area contributed by atoms with Crippen molar-refractivity contribution in [2.45, 2.75) is 18.5 Å². The van der Waals surface area contributed by atoms with E-state index < -0.39 is 35.4 Å². The molecule has 0 bridgehead atoms. The number of fused-ring (bicyclic) bond motifs is 1. The van der Waals surface area contributed by atoms with Gasteiger partial charge in [-0.05, 0) is 12.5 Å². The second kappa shape index (κ2) is 9.34. The molecule has 8 N–H and O–H groups in total. The van der Waals surface area contributed by atoms with Gasteiger partial charge in [0.25, 0.3) is 5.91 Å². The number of nitrogens with two attached hydrogens (primary N) is 2. The third kappa shape index (κ3) is 4.68. The fourth-order valence-electron chi connectivity index (χ4n) is 3.62. The molecule has 2 aromatic heterocycles. The van der Waals surface area contributed by atoms with Crippen molar-refractivity contribution in [3.8, 4) is 11.4 Å². The Balaban J connectivity index is 1.53. The SMILES string of the molecule is N/C=C(\NN)C(=O)NC1COCC(Nc2nc(-c3c[nH]c4c(F)cc(F)cc34)ncc2F)C1. The highest BCUT2D eigenvalue weighted by Crippen LogP contribution is 2.30. The zero-order chi connectivity index (χ0) is 23.5. The third-order valence-electron chi connectivity index (χ3n) is 5.14. The van der Waals surface area contributed by atoms with Gasteiger partial charge in [0, 0.05) is 29.4 Å². The molecule has 3 heterocycles. The van der Waals surface area contributed by atoms with Crippen molar-refractivity contribution in [3.63, 3.8) is 0 Å². The number of aromatic amines is 1. The number of anilines is 1. The Hall–Kier alpha value is -3.84. The highest BCUT2D eigenvalue weighted by atomic mass is 19.1. The molecule has 0 radical (unpaired) electrons. The molecule has 1 aliphatic heterocycles. The van der Waals surface area contributed by atoms with Crippen LogP contribution in [0.2, 0.25) is 0 Å². The molecular formula is C20H21F3N8O2. The first-order valence-corrected chi connectivity index (χ1v) is 9.92. The molecule has 1 saturated heterocycles. The highest BCUT2D eigenvalue weighted by molar-refractivity contribution is 5.94. The molecule has 1 aromatic carbocycles. The zero-order valence-electron chi connectivity index (χ0n) is 17.2. The zero-order valence-corrected chi connectivity index (χ0v) is 17.2. The molecule has 2 atom stereocenters. The fourth-order valence-corrected chi connectivity index (χ4v) is 3.62. The summed E-state index contributed by atoms with van der Waals surface area (Å²) in [7, 11) is 0. The minimum Gasteiger partial charge on any atom is -0.403 e. The van der Waals surface area contributed by atoms with Crippen LogP contribution in [0.1, 0.15) is 6.42 Å². The van der Waals surface area contributed by atoms with Gasteiger partial charge in [0.05, 0.1) is 37.0 Å². The van der Waals surface area contributed by atoms with E-state index >= 15 is 0 Å². The molecule has 0 saturated carbocycles. The van der Waals surface area contributed by atoms with Gasteiger partial charge in [-0.3, -0.25) is 10.6 Å². The predicted octanol–water partition coefficient (Wildman–Crippen LogP) is 0.991. The number of carbonyl (C=O) groups excluding carboxylic acids is 1. The molecule has 2 unspecified atom stereocenters. The number of benzene rings is 1. The van der Waals surface area contributed by atoms with Crippen LogP contribution in [0.4, 0.5) is 19.0 Å². The number of halogens is 3. The number of ether oxygens (including phenoxy) is 1. The third-order valence-corrected chi connectivity index (χ3v) is 5.14. The Kier molecular flexibility index (Phi) is 6.33. The molecule has 1 amide bonds. The maximum atomic E-state index is 14.4. The van der Waals surface area contributed by atoms with Crippen LogP contribution in [0.25, 0.3) is 22.3 Å². The maximum absolute atomic E-state index is 14.4. The Bertz CT molecular complexity index is 1220. The summed E-state index contributed by atoms with van der Waals surface area (Å²) in [4.78, 5) is 23.0. The van der Waals surface area contributed by atoms with Crippen molar-refractivity contribution in [2.24, 2.45) is 11.6 Å². The Morgan fingerprint density at radius 1 is 1.21 bits per heavy atom. The van der Waals surface area contributed by atoms with E-state index in [1.165, 1.54) is 6.20 Å². The summed E-state index contributed by atoms with van der Waals surface area (Å²) in [5.41, 5.74) is 7.91. The number of rotatable bonds is 6. The second-order valence-electron chi connectivity index (χ2n) is 7.41. The summed E-state index contributed by atoms with van der Waals surface area (Å²) < 4.78 is 47.7. The van der Waals surface area contributed by atoms with E-state index in [0.29, 0.717) is 12.0 Å². The van der Waals surface area contributed by atoms with Gasteiger partial charge in [-0.15, -0.1) is 0 Å². The molecule has 4 rings (SSSR count). The van der Waals surface area contributed by atoms with Crippen molar-refractivity contribution in [1.82, 2.24) is 25.7 Å². The summed E-state index contributed by atoms with van der Waals surface area (Å²) in [6.45, 7) is 0.486. The quantitative estimate of drug-likeness (QED) is 0.180. The van der Waals surface area contributed by atoms with E-state index in [0.717, 1.165) is 24.5 Å². The van der Waals surface area contributed by atoms with Crippen molar-refractivity contribution in [1.29, 1.82) is 0 Å². The number of amides is 1. The number of H-pyrrole nitrogens is 1. The van der Waals surface area contributed by atoms with Crippen LogP contribution in [0, 0.1) is 17.5 Å². The van der Waals surface area contributed by atoms with E-state index in [4.69, 9.17) is 16.3 Å². The number of hydrazine groups is 1. The second-order valence-corrected chi connectivity index (χ2v) is 7.41. The average molecular weight is 462 g/mol. The predicted molar refractivity (Wildman–Crippen MR) is 114 cm³/mol. The van der Waals surface area contributed by atoms with Crippen molar-refractivity contribution in [2.75, 3.05) is 18.5 Å². The van der Waals surface area contributed by atoms with Gasteiger partial charge in [-0.1, -0.05) is 0 Å². The molecule has 1 aliphatic rings. The van der Waals surface area contributed by atoms with Gasteiger partial charge in [0.15, 0.2) is 17.5 Å². The van der Waals surface area contributed by atoms with E-state index in [1.807, 2.05) is 0 Å². The first kappa shape index (κ1) is 22.4. The fraction of sp³-hybridized carbons (Fsp3) is 0.250. The topological polar surface area (TPSA) is 156 Å². The van der Waals surface area contributed by atoms with Crippen LogP contribution >= 0.6 is 0 Å². The van der Waals surface area contributed by atoms with Gasteiger partial charge >= 0.3 is 0 Å². The lowest BCUT2D eigenvalue weighted by Gasteiger charge is -2.31. The monoisotopic (exact) mass is 462 g/mol. The van der Waals surface area contributed by atoms with Crippen LogP contribution in [-0.2, 0) is 9.53 Å². The number of nitrogens with one attached hydrogen (secondary N) is 4. The molecule has 1 fully saturated rings. The minimum absolute atomic E-state index is 0.0110. The Labute approximate surface area is 185 Å². The lowest BCUT2D eigenvalue weighted by atomic mass is 10.1. The maximum Gasteiger partial charge on any atom is 0.270 e. The summed E-state index contributed by atoms with van der Waals surface area (Å²) in [5, 5.41) is 5.89. The summed E-state index contributed by atoms with van der Waals surface area (Å²) in [5.74, 6) is 2.45. The molecule has 10 nitrogen and oxygen atoms in total. The van der Waals surface area contributed by atoms with Gasteiger partial charge in [0.1, 0.15) is 17.3 Å². The normalized spacial score (nSPS) is 18.8. The summed E-state index contributed by atoms with van der Waals surface area (Å²) >= 11 is 0. The van der Waals surface area contributed by atoms with E-state index in [9.17, 15) is 18.0 Å². The Morgan fingerprint density at radius 2 is 2.00 bits per heavy atom. The number of hydrogen-bond acceptors (Lipinski definition) is 8. The molecule has 13 heteroatoms. The molecule has 0 spiro atoms. The number of nitrogens with zero attached hydrogens (tertiary/aromatic N) is 2. The highest BCUT2D eigenvalue weighted by Gasteiger charge is 2.26. The van der Waals surface area contributed by atoms with Crippen LogP contribution in [0.5, 0.6) is 0 Å². The summed E-state index contributed by atoms with van der Waals surface area (Å²) in [6.07, 6.45) is 3.83. The molecule has 33 heavy (non-hydrogen) atoms. The van der Waals surface area contributed by atoms with Crippen molar-refractivity contribution in [3.05, 3.63) is 53.9 Å². The average Bonchev–Trinajstić information content (AvgIpc) is 3.20. The standard InChI is InChI=1S/C20H21F3N8O2/c21-9-1-12-13(5-26-17(12)14(22)2-9)18-27-6-15(23)19(30-18)28-10-3-11(8-33-7-10)29-20(32)16(4-24)31-25/h1-2,4-6,10-11,26,31H,3,7-8,24-25H2,(H,29,32)(H,27,28,30)/b16-4-. The molecule has 0 aliphatic carbocycles. The van der Waals surface area contributed by atoms with Crippen molar-refractivity contribution >= 4 is 22.6 Å². The van der Waals surface area contributed by atoms with Crippen LogP contribution in [0.3, 0.4) is 0 Å². The summed E-state index contributed by atoms with van der Waals surface area (Å²) in [6, 6.07) is 1.12. The van der Waals surface area contributed by atoms with E-state index in [-0.39, 0.29) is 41.5 Å². The smallest absolute Gasteiger partial charge is 0.270 e. The van der Waals surface area contributed by atoms with E-state index in [1.54, 1.807) is 0 Å². The van der Waals surface area contributed by atoms with Crippen LogP contribution in [0.15, 0.2) is 36.4 Å². The van der Waals surface area contributed by atoms with Gasteiger partial charge in [0.2, 0.25) is 0 Å². The molecule has 3 aromatic rings. The lowest BCUT2D eigenvalue weighted by molar-refractivity contribution is -0.119. The molecule has 174 valence electrons. The number of carbonyl (C=O) groups is 1. The Morgan fingerprint density at radius 3 is 2.76 bits per heavy atom. The number of aromatic nitrogens is 3. The molecular weight excluding hydrogens is 441 g/mol. The van der Waals surface area contributed by atoms with Gasteiger partial charge in [-0.25, -0.2) is 23.1 Å². The first-order valence-electron chi connectivity index (χ1n) is 9.92. The van der Waals surface area contributed by atoms with E-state index in [2.05, 4.69) is 31.0 Å². The van der Waals surface area contributed by atoms with Crippen LogP contribution < -0.4 is 27.6 Å². The number of hydrogen-bond donors (Lipinski definition) is 6.